The molecule has 6 heteroatoms. The van der Waals surface area contributed by atoms with Crippen LogP contribution >= 0.6 is 0 Å². The topological polar surface area (TPSA) is 74.8 Å². The molecule has 0 unspecified atom stereocenters. The Kier molecular flexibility index (Phi) is 3.06. The first-order valence-corrected chi connectivity index (χ1v) is 6.65. The normalized spacial score (nSPS) is 17.6. The highest BCUT2D eigenvalue weighted by molar-refractivity contribution is 7.89. The molecule has 0 spiro atoms. The predicted octanol–water partition coefficient (Wildman–Crippen LogP) is 0.878. The van der Waals surface area contributed by atoms with Gasteiger partial charge in [0.25, 0.3) is 0 Å². The van der Waals surface area contributed by atoms with E-state index in [0.717, 1.165) is 12.3 Å². The van der Waals surface area contributed by atoms with Crippen molar-refractivity contribution in [2.45, 2.75) is 30.6 Å². The lowest BCUT2D eigenvalue weighted by Gasteiger charge is -2.24. The van der Waals surface area contributed by atoms with Gasteiger partial charge in [0, 0.05) is 12.7 Å². The van der Waals surface area contributed by atoms with Gasteiger partial charge in [-0.1, -0.05) is 19.3 Å². The summed E-state index contributed by atoms with van der Waals surface area (Å²) in [5.74, 6) is 0.719. The molecule has 2 rings (SSSR count). The van der Waals surface area contributed by atoms with Crippen molar-refractivity contribution in [3.63, 3.8) is 0 Å². The van der Waals surface area contributed by atoms with Crippen LogP contribution < -0.4 is 4.72 Å². The Morgan fingerprint density at radius 2 is 2.33 bits per heavy atom. The first-order chi connectivity index (χ1) is 7.18. The van der Waals surface area contributed by atoms with Crippen molar-refractivity contribution in [1.82, 2.24) is 14.9 Å². The zero-order valence-corrected chi connectivity index (χ0v) is 9.26. The number of H-pyrrole nitrogens is 1. The Morgan fingerprint density at radius 1 is 1.53 bits per heavy atom. The van der Waals surface area contributed by atoms with E-state index in [2.05, 4.69) is 14.9 Å². The van der Waals surface area contributed by atoms with Gasteiger partial charge in [-0.2, -0.15) is 5.10 Å². The van der Waals surface area contributed by atoms with Crippen LogP contribution in [0.5, 0.6) is 0 Å². The molecule has 1 aliphatic carbocycles. The van der Waals surface area contributed by atoms with Crippen LogP contribution in [0.3, 0.4) is 0 Å². The molecular weight excluding hydrogens is 214 g/mol. The molecule has 0 aliphatic heterocycles. The summed E-state index contributed by atoms with van der Waals surface area (Å²) in [5.41, 5.74) is 0. The van der Waals surface area contributed by atoms with E-state index in [-0.39, 0.29) is 4.90 Å². The quantitative estimate of drug-likeness (QED) is 0.787. The van der Waals surface area contributed by atoms with E-state index in [1.807, 2.05) is 0 Å². The maximum Gasteiger partial charge on any atom is 0.243 e. The van der Waals surface area contributed by atoms with Crippen molar-refractivity contribution in [3.8, 4) is 0 Å². The largest absolute Gasteiger partial charge is 0.284 e. The minimum atomic E-state index is -3.34. The summed E-state index contributed by atoms with van der Waals surface area (Å²) in [6.45, 7) is 0.526. The van der Waals surface area contributed by atoms with E-state index in [1.54, 1.807) is 0 Å². The van der Waals surface area contributed by atoms with Crippen LogP contribution in [0.15, 0.2) is 17.3 Å². The van der Waals surface area contributed by atoms with Gasteiger partial charge in [0.2, 0.25) is 10.0 Å². The molecule has 1 aromatic rings. The number of nitrogens with one attached hydrogen (secondary N) is 2. The SMILES string of the molecule is O=S(=O)(NCCC1CCC1)c1cn[nH]c1. The molecule has 84 valence electrons. The Hall–Kier alpha value is -0.880. The van der Waals surface area contributed by atoms with Gasteiger partial charge in [0.1, 0.15) is 4.90 Å². The monoisotopic (exact) mass is 229 g/mol. The van der Waals surface area contributed by atoms with Crippen molar-refractivity contribution in [3.05, 3.63) is 12.4 Å². The molecule has 0 aromatic carbocycles. The van der Waals surface area contributed by atoms with Crippen LogP contribution in [-0.2, 0) is 10.0 Å². The Bertz CT molecular complexity index is 395. The molecular formula is C9H15N3O2S. The second kappa shape index (κ2) is 4.32. The fourth-order valence-electron chi connectivity index (χ4n) is 1.65. The minimum Gasteiger partial charge on any atom is -0.284 e. The maximum absolute atomic E-state index is 11.6. The molecule has 1 aliphatic rings. The highest BCUT2D eigenvalue weighted by Crippen LogP contribution is 2.28. The third-order valence-electron chi connectivity index (χ3n) is 2.85. The fourth-order valence-corrected chi connectivity index (χ4v) is 2.60. The fraction of sp³-hybridized carbons (Fsp3) is 0.667. The van der Waals surface area contributed by atoms with E-state index >= 15 is 0 Å². The lowest BCUT2D eigenvalue weighted by molar-refractivity contribution is 0.297. The average molecular weight is 229 g/mol. The zero-order chi connectivity index (χ0) is 10.7. The molecule has 1 saturated carbocycles. The van der Waals surface area contributed by atoms with Crippen molar-refractivity contribution in [2.24, 2.45) is 5.92 Å². The van der Waals surface area contributed by atoms with Gasteiger partial charge in [-0.15, -0.1) is 0 Å². The molecule has 0 bridgehead atoms. The van der Waals surface area contributed by atoms with Crippen LogP contribution in [0.2, 0.25) is 0 Å². The number of aromatic nitrogens is 2. The van der Waals surface area contributed by atoms with Crippen LogP contribution in [0.25, 0.3) is 0 Å². The van der Waals surface area contributed by atoms with E-state index in [9.17, 15) is 8.42 Å². The third-order valence-corrected chi connectivity index (χ3v) is 4.28. The van der Waals surface area contributed by atoms with Crippen molar-refractivity contribution >= 4 is 10.0 Å². The standard InChI is InChI=1S/C9H15N3O2S/c13-15(14,9-6-10-11-7-9)12-5-4-8-2-1-3-8/h6-8,12H,1-5H2,(H,10,11). The molecule has 1 heterocycles. The summed E-state index contributed by atoms with van der Waals surface area (Å²) in [4.78, 5) is 0.205. The number of nitrogens with zero attached hydrogens (tertiary/aromatic N) is 1. The molecule has 0 radical (unpaired) electrons. The summed E-state index contributed by atoms with van der Waals surface area (Å²) in [7, 11) is -3.34. The highest BCUT2D eigenvalue weighted by atomic mass is 32.2. The van der Waals surface area contributed by atoms with Gasteiger partial charge in [-0.25, -0.2) is 13.1 Å². The molecule has 5 nitrogen and oxygen atoms in total. The van der Waals surface area contributed by atoms with Gasteiger partial charge in [-0.05, 0) is 12.3 Å². The van der Waals surface area contributed by atoms with E-state index in [1.165, 1.54) is 31.7 Å². The van der Waals surface area contributed by atoms with Crippen molar-refractivity contribution < 1.29 is 8.42 Å². The number of aromatic amines is 1. The smallest absolute Gasteiger partial charge is 0.243 e. The zero-order valence-electron chi connectivity index (χ0n) is 8.44. The number of rotatable bonds is 5. The van der Waals surface area contributed by atoms with Gasteiger partial charge >= 0.3 is 0 Å². The van der Waals surface area contributed by atoms with Crippen LogP contribution in [-0.4, -0.2) is 25.2 Å². The molecule has 0 atom stereocenters. The third kappa shape index (κ3) is 2.57. The number of hydrogen-bond donors (Lipinski definition) is 2. The molecule has 15 heavy (non-hydrogen) atoms. The first-order valence-electron chi connectivity index (χ1n) is 5.17. The average Bonchev–Trinajstić information content (AvgIpc) is 2.62. The molecule has 2 N–H and O–H groups in total. The Labute approximate surface area is 89.3 Å². The molecule has 1 aromatic heterocycles. The van der Waals surface area contributed by atoms with Gasteiger partial charge in [0.15, 0.2) is 0 Å². The molecule has 0 amide bonds. The number of sulfonamides is 1. The van der Waals surface area contributed by atoms with Gasteiger partial charge in [0.05, 0.1) is 6.20 Å². The van der Waals surface area contributed by atoms with Crippen LogP contribution in [0.4, 0.5) is 0 Å². The summed E-state index contributed by atoms with van der Waals surface area (Å²) < 4.78 is 25.8. The highest BCUT2D eigenvalue weighted by Gasteiger charge is 2.19. The number of hydrogen-bond acceptors (Lipinski definition) is 3. The summed E-state index contributed by atoms with van der Waals surface area (Å²) in [6, 6.07) is 0. The van der Waals surface area contributed by atoms with E-state index in [0.29, 0.717) is 6.54 Å². The lowest BCUT2D eigenvalue weighted by atomic mass is 9.83. The minimum absolute atomic E-state index is 0.205. The van der Waals surface area contributed by atoms with Crippen LogP contribution in [0.1, 0.15) is 25.7 Å². The maximum atomic E-state index is 11.6. The molecule has 1 fully saturated rings. The van der Waals surface area contributed by atoms with E-state index < -0.39 is 10.0 Å². The summed E-state index contributed by atoms with van der Waals surface area (Å²) in [6.07, 6.45) is 7.41. The Balaban J connectivity index is 1.82. The second-order valence-corrected chi connectivity index (χ2v) is 5.68. The summed E-state index contributed by atoms with van der Waals surface area (Å²) in [5, 5.41) is 6.10. The van der Waals surface area contributed by atoms with Gasteiger partial charge < -0.3 is 0 Å². The summed E-state index contributed by atoms with van der Waals surface area (Å²) >= 11 is 0. The predicted molar refractivity (Wildman–Crippen MR) is 55.7 cm³/mol. The Morgan fingerprint density at radius 3 is 2.87 bits per heavy atom. The van der Waals surface area contributed by atoms with Crippen LogP contribution in [0, 0.1) is 5.92 Å². The lowest BCUT2D eigenvalue weighted by Crippen LogP contribution is -2.27. The van der Waals surface area contributed by atoms with E-state index in [4.69, 9.17) is 0 Å². The first kappa shape index (κ1) is 10.6. The molecule has 0 saturated heterocycles. The second-order valence-electron chi connectivity index (χ2n) is 3.92. The van der Waals surface area contributed by atoms with Gasteiger partial charge in [-0.3, -0.25) is 5.10 Å². The van der Waals surface area contributed by atoms with Crippen molar-refractivity contribution in [1.29, 1.82) is 0 Å². The van der Waals surface area contributed by atoms with Crippen molar-refractivity contribution in [2.75, 3.05) is 6.54 Å².